The van der Waals surface area contributed by atoms with Gasteiger partial charge in [0.25, 0.3) is 0 Å². The molecule has 1 N–H and O–H groups in total. The van der Waals surface area contributed by atoms with E-state index in [1.807, 2.05) is 6.08 Å². The summed E-state index contributed by atoms with van der Waals surface area (Å²) in [7, 11) is 0. The second kappa shape index (κ2) is 6.05. The molecular formula is C13H24N2O2. The van der Waals surface area contributed by atoms with E-state index in [-0.39, 0.29) is 18.2 Å². The largest absolute Gasteiger partial charge is 0.446 e. The van der Waals surface area contributed by atoms with Crippen LogP contribution in [0.15, 0.2) is 12.7 Å². The number of amides is 1. The molecule has 1 fully saturated rings. The van der Waals surface area contributed by atoms with Crippen LogP contribution in [0.2, 0.25) is 0 Å². The molecule has 0 aromatic carbocycles. The van der Waals surface area contributed by atoms with Gasteiger partial charge in [0.15, 0.2) is 0 Å². The maximum absolute atomic E-state index is 11.7. The number of hydrazine groups is 1. The van der Waals surface area contributed by atoms with Crippen LogP contribution >= 0.6 is 0 Å². The molecule has 0 saturated carbocycles. The van der Waals surface area contributed by atoms with Crippen molar-refractivity contribution < 1.29 is 9.53 Å². The summed E-state index contributed by atoms with van der Waals surface area (Å²) in [6.45, 7) is 12.7. The van der Waals surface area contributed by atoms with E-state index >= 15 is 0 Å². The van der Waals surface area contributed by atoms with Gasteiger partial charge in [0.2, 0.25) is 0 Å². The highest BCUT2D eigenvalue weighted by Gasteiger charge is 2.36. The second-order valence-corrected chi connectivity index (χ2v) is 5.26. The monoisotopic (exact) mass is 240 g/mol. The molecule has 1 aliphatic heterocycles. The van der Waals surface area contributed by atoms with Crippen LogP contribution in [-0.2, 0) is 4.74 Å². The fourth-order valence-electron chi connectivity index (χ4n) is 1.91. The lowest BCUT2D eigenvalue weighted by molar-refractivity contribution is 0.114. The van der Waals surface area contributed by atoms with Gasteiger partial charge in [-0.2, -0.15) is 0 Å². The highest BCUT2D eigenvalue weighted by atomic mass is 16.6. The normalized spacial score (nSPS) is 22.1. The molecule has 4 heteroatoms. The van der Waals surface area contributed by atoms with E-state index < -0.39 is 0 Å². The van der Waals surface area contributed by atoms with E-state index in [0.29, 0.717) is 18.4 Å². The summed E-state index contributed by atoms with van der Waals surface area (Å²) in [6.07, 6.45) is 2.45. The summed E-state index contributed by atoms with van der Waals surface area (Å²) in [5.41, 5.74) is 3.29. The first-order valence-corrected chi connectivity index (χ1v) is 6.30. The van der Waals surface area contributed by atoms with Gasteiger partial charge >= 0.3 is 6.09 Å². The molecule has 0 unspecified atom stereocenters. The van der Waals surface area contributed by atoms with Gasteiger partial charge in [0, 0.05) is 6.04 Å². The van der Waals surface area contributed by atoms with Gasteiger partial charge in [-0.25, -0.2) is 15.2 Å². The number of rotatable bonds is 6. The Morgan fingerprint density at radius 3 is 2.65 bits per heavy atom. The maximum atomic E-state index is 11.7. The zero-order valence-corrected chi connectivity index (χ0v) is 11.3. The minimum Gasteiger partial charge on any atom is -0.446 e. The molecule has 1 saturated heterocycles. The summed E-state index contributed by atoms with van der Waals surface area (Å²) in [5.74, 6) is 0.819. The van der Waals surface area contributed by atoms with E-state index in [1.165, 1.54) is 0 Å². The van der Waals surface area contributed by atoms with Crippen molar-refractivity contribution >= 4 is 6.09 Å². The highest BCUT2D eigenvalue weighted by molar-refractivity contribution is 5.69. The molecule has 0 aliphatic carbocycles. The molecule has 98 valence electrons. The van der Waals surface area contributed by atoms with E-state index in [9.17, 15) is 4.79 Å². The topological polar surface area (TPSA) is 41.6 Å². The first-order chi connectivity index (χ1) is 7.97. The third-order valence-corrected chi connectivity index (χ3v) is 3.21. The van der Waals surface area contributed by atoms with Crippen LogP contribution in [0.3, 0.4) is 0 Å². The number of ether oxygens (including phenoxy) is 1. The van der Waals surface area contributed by atoms with Crippen LogP contribution in [0.4, 0.5) is 4.79 Å². The van der Waals surface area contributed by atoms with Crippen molar-refractivity contribution in [2.24, 2.45) is 11.8 Å². The molecule has 4 nitrogen and oxygen atoms in total. The third-order valence-electron chi connectivity index (χ3n) is 3.21. The zero-order valence-electron chi connectivity index (χ0n) is 11.3. The number of hydrogen-bond donors (Lipinski definition) is 1. The predicted octanol–water partition coefficient (Wildman–Crippen LogP) is 2.57. The maximum Gasteiger partial charge on any atom is 0.424 e. The van der Waals surface area contributed by atoms with Crippen LogP contribution in [0.25, 0.3) is 0 Å². The van der Waals surface area contributed by atoms with Gasteiger partial charge < -0.3 is 4.74 Å². The van der Waals surface area contributed by atoms with E-state index in [0.717, 1.165) is 6.42 Å². The summed E-state index contributed by atoms with van der Waals surface area (Å²) in [6, 6.07) is 0.341. The fourth-order valence-corrected chi connectivity index (χ4v) is 1.91. The molecule has 0 aromatic rings. The van der Waals surface area contributed by atoms with E-state index in [1.54, 1.807) is 5.01 Å². The first-order valence-electron chi connectivity index (χ1n) is 6.30. The van der Waals surface area contributed by atoms with Crippen molar-refractivity contribution in [3.05, 3.63) is 12.7 Å². The fraction of sp³-hybridized carbons (Fsp3) is 0.769. The standard InChI is InChI=1S/C13H24N2O2/c1-6-7-11(9(2)3)14-15-12(10(4)5)8-17-13(15)16/h6,9-12,14H,1,7-8H2,2-5H3/t11-,12+/m0/s1. The summed E-state index contributed by atoms with van der Waals surface area (Å²) >= 11 is 0. The van der Waals surface area contributed by atoms with Crippen LogP contribution in [0, 0.1) is 11.8 Å². The predicted molar refractivity (Wildman–Crippen MR) is 68.4 cm³/mol. The average Bonchev–Trinajstić information content (AvgIpc) is 2.59. The molecule has 1 heterocycles. The SMILES string of the molecule is C=CC[C@H](NN1C(=O)OC[C@@H]1C(C)C)C(C)C. The van der Waals surface area contributed by atoms with Crippen molar-refractivity contribution in [3.8, 4) is 0 Å². The Bertz CT molecular complexity index is 277. The van der Waals surface area contributed by atoms with Crippen LogP contribution < -0.4 is 5.43 Å². The van der Waals surface area contributed by atoms with Gasteiger partial charge in [-0.3, -0.25) is 0 Å². The molecule has 1 amide bonds. The third kappa shape index (κ3) is 3.46. The molecule has 1 aliphatic rings. The second-order valence-electron chi connectivity index (χ2n) is 5.26. The van der Waals surface area contributed by atoms with Crippen LogP contribution in [-0.4, -0.2) is 29.8 Å². The lowest BCUT2D eigenvalue weighted by atomic mass is 10.0. The Hall–Kier alpha value is -1.03. The number of cyclic esters (lactones) is 1. The van der Waals surface area contributed by atoms with Crippen molar-refractivity contribution in [2.75, 3.05) is 6.61 Å². The molecular weight excluding hydrogens is 216 g/mol. The Kier molecular flexibility index (Phi) is 5.00. The van der Waals surface area contributed by atoms with Crippen molar-refractivity contribution in [1.82, 2.24) is 10.4 Å². The highest BCUT2D eigenvalue weighted by Crippen LogP contribution is 2.19. The molecule has 0 aromatic heterocycles. The van der Waals surface area contributed by atoms with Gasteiger partial charge in [-0.15, -0.1) is 6.58 Å². The zero-order chi connectivity index (χ0) is 13.0. The number of carbonyl (C=O) groups is 1. The average molecular weight is 240 g/mol. The summed E-state index contributed by atoms with van der Waals surface area (Å²) in [4.78, 5) is 11.7. The minimum atomic E-state index is -0.265. The van der Waals surface area contributed by atoms with Crippen molar-refractivity contribution in [1.29, 1.82) is 0 Å². The first kappa shape index (κ1) is 14.0. The molecule has 0 spiro atoms. The van der Waals surface area contributed by atoms with E-state index in [2.05, 4.69) is 39.7 Å². The van der Waals surface area contributed by atoms with Gasteiger partial charge in [-0.05, 0) is 18.3 Å². The Balaban J connectivity index is 2.68. The van der Waals surface area contributed by atoms with Crippen molar-refractivity contribution in [3.63, 3.8) is 0 Å². The van der Waals surface area contributed by atoms with Gasteiger partial charge in [0.05, 0.1) is 6.04 Å². The van der Waals surface area contributed by atoms with Crippen LogP contribution in [0.1, 0.15) is 34.1 Å². The number of nitrogens with zero attached hydrogens (tertiary/aromatic N) is 1. The Morgan fingerprint density at radius 1 is 1.53 bits per heavy atom. The summed E-state index contributed by atoms with van der Waals surface area (Å²) < 4.78 is 5.10. The number of nitrogens with one attached hydrogen (secondary N) is 1. The molecule has 0 bridgehead atoms. The van der Waals surface area contributed by atoms with E-state index in [4.69, 9.17) is 4.74 Å². The summed E-state index contributed by atoms with van der Waals surface area (Å²) in [5, 5.41) is 1.65. The molecule has 0 radical (unpaired) electrons. The molecule has 17 heavy (non-hydrogen) atoms. The lowest BCUT2D eigenvalue weighted by Gasteiger charge is -2.31. The smallest absolute Gasteiger partial charge is 0.424 e. The Morgan fingerprint density at radius 2 is 2.18 bits per heavy atom. The van der Waals surface area contributed by atoms with Gasteiger partial charge in [0.1, 0.15) is 6.61 Å². The lowest BCUT2D eigenvalue weighted by Crippen LogP contribution is -2.52. The number of hydrogen-bond acceptors (Lipinski definition) is 3. The minimum absolute atomic E-state index is 0.119. The number of carbonyl (C=O) groups excluding carboxylic acids is 1. The van der Waals surface area contributed by atoms with Gasteiger partial charge in [-0.1, -0.05) is 33.8 Å². The Labute approximate surface area is 104 Å². The quantitative estimate of drug-likeness (QED) is 0.725. The van der Waals surface area contributed by atoms with Crippen LogP contribution in [0.5, 0.6) is 0 Å². The molecule has 2 atom stereocenters. The van der Waals surface area contributed by atoms with Crippen molar-refractivity contribution in [2.45, 2.75) is 46.2 Å². The molecule has 1 rings (SSSR count).